The van der Waals surface area contributed by atoms with E-state index >= 15 is 0 Å². The minimum Gasteiger partial charge on any atom is -0.503 e. The van der Waals surface area contributed by atoms with Gasteiger partial charge in [0.1, 0.15) is 18.6 Å². The molecule has 1 fully saturated rings. The maximum Gasteiger partial charge on any atom is 0.332 e. The molecule has 0 radical (unpaired) electrons. The number of benzene rings is 1. The molecule has 1 aromatic carbocycles. The largest absolute Gasteiger partial charge is 0.503 e. The fourth-order valence-corrected chi connectivity index (χ4v) is 3.74. The van der Waals surface area contributed by atoms with Crippen molar-refractivity contribution in [3.05, 3.63) is 53.9 Å². The molecule has 3 unspecified atom stereocenters. The van der Waals surface area contributed by atoms with Crippen molar-refractivity contribution in [1.29, 1.82) is 0 Å². The SMILES string of the molecule is COc1ccnc(C(=O)NC2COC(=O)C(Cc3ccccc3)C(OC(=O)C(C)C)[C@H](C)OC2=O)c1O. The Morgan fingerprint density at radius 2 is 1.86 bits per heavy atom. The molecule has 11 heteroatoms. The summed E-state index contributed by atoms with van der Waals surface area (Å²) in [5.74, 6) is -5.10. The van der Waals surface area contributed by atoms with Gasteiger partial charge in [-0.05, 0) is 18.9 Å². The molecule has 3 rings (SSSR count). The average molecular weight is 515 g/mol. The predicted molar refractivity (Wildman–Crippen MR) is 129 cm³/mol. The molecule has 198 valence electrons. The first-order valence-corrected chi connectivity index (χ1v) is 11.8. The number of nitrogens with one attached hydrogen (secondary N) is 1. The van der Waals surface area contributed by atoms with Gasteiger partial charge in [0, 0.05) is 12.3 Å². The molecular formula is C26H30N2O9. The zero-order valence-corrected chi connectivity index (χ0v) is 21.0. The summed E-state index contributed by atoms with van der Waals surface area (Å²) >= 11 is 0. The summed E-state index contributed by atoms with van der Waals surface area (Å²) in [6.07, 6.45) is -0.766. The second kappa shape index (κ2) is 12.2. The molecule has 0 saturated carbocycles. The Morgan fingerprint density at radius 3 is 2.51 bits per heavy atom. The number of hydrogen-bond donors (Lipinski definition) is 2. The summed E-state index contributed by atoms with van der Waals surface area (Å²) in [7, 11) is 1.31. The molecule has 0 bridgehead atoms. The molecular weight excluding hydrogens is 484 g/mol. The molecule has 1 aliphatic heterocycles. The molecule has 1 amide bonds. The summed E-state index contributed by atoms with van der Waals surface area (Å²) in [6, 6.07) is 9.01. The van der Waals surface area contributed by atoms with Crippen molar-refractivity contribution in [2.45, 2.75) is 45.4 Å². The van der Waals surface area contributed by atoms with Gasteiger partial charge >= 0.3 is 17.9 Å². The van der Waals surface area contributed by atoms with Gasteiger partial charge in [0.2, 0.25) is 0 Å². The first kappa shape index (κ1) is 27.4. The molecule has 11 nitrogen and oxygen atoms in total. The topological polar surface area (TPSA) is 150 Å². The number of rotatable bonds is 7. The van der Waals surface area contributed by atoms with Crippen molar-refractivity contribution in [2.24, 2.45) is 11.8 Å². The van der Waals surface area contributed by atoms with Crippen LogP contribution in [0.2, 0.25) is 0 Å². The number of carbonyl (C=O) groups is 4. The molecule has 1 aromatic heterocycles. The fourth-order valence-electron chi connectivity index (χ4n) is 3.74. The Morgan fingerprint density at radius 1 is 1.16 bits per heavy atom. The summed E-state index contributed by atoms with van der Waals surface area (Å²) in [6.45, 7) is 4.25. The van der Waals surface area contributed by atoms with E-state index in [1.807, 2.05) is 30.3 Å². The van der Waals surface area contributed by atoms with Gasteiger partial charge in [0.15, 0.2) is 29.3 Å². The van der Waals surface area contributed by atoms with E-state index in [0.717, 1.165) is 5.56 Å². The van der Waals surface area contributed by atoms with E-state index in [-0.39, 0.29) is 12.2 Å². The summed E-state index contributed by atoms with van der Waals surface area (Å²) in [4.78, 5) is 55.3. The Hall–Kier alpha value is -4.15. The third-order valence-electron chi connectivity index (χ3n) is 5.79. The van der Waals surface area contributed by atoms with E-state index in [0.29, 0.717) is 0 Å². The number of aromatic hydroxyl groups is 1. The molecule has 37 heavy (non-hydrogen) atoms. The van der Waals surface area contributed by atoms with Gasteiger partial charge in [-0.15, -0.1) is 0 Å². The number of methoxy groups -OCH3 is 1. The van der Waals surface area contributed by atoms with Crippen LogP contribution in [0.25, 0.3) is 0 Å². The van der Waals surface area contributed by atoms with Crippen molar-refractivity contribution in [1.82, 2.24) is 10.3 Å². The number of amides is 1. The van der Waals surface area contributed by atoms with Crippen molar-refractivity contribution in [3.8, 4) is 11.5 Å². The molecule has 2 heterocycles. The van der Waals surface area contributed by atoms with Crippen LogP contribution in [-0.4, -0.2) is 65.9 Å². The Bertz CT molecular complexity index is 1140. The monoisotopic (exact) mass is 514 g/mol. The van der Waals surface area contributed by atoms with Crippen LogP contribution >= 0.6 is 0 Å². The van der Waals surface area contributed by atoms with Crippen molar-refractivity contribution in [3.63, 3.8) is 0 Å². The Labute approximate surface area is 214 Å². The lowest BCUT2D eigenvalue weighted by molar-refractivity contribution is -0.176. The van der Waals surface area contributed by atoms with Crippen molar-refractivity contribution in [2.75, 3.05) is 13.7 Å². The highest BCUT2D eigenvalue weighted by Crippen LogP contribution is 2.28. The normalized spacial score (nSPS) is 22.1. The average Bonchev–Trinajstić information content (AvgIpc) is 2.91. The van der Waals surface area contributed by atoms with Gasteiger partial charge in [-0.3, -0.25) is 14.4 Å². The fraction of sp³-hybridized carbons (Fsp3) is 0.423. The lowest BCUT2D eigenvalue weighted by atomic mass is 9.91. The minimum absolute atomic E-state index is 0.0100. The van der Waals surface area contributed by atoms with Gasteiger partial charge in [-0.2, -0.15) is 0 Å². The first-order valence-electron chi connectivity index (χ1n) is 11.8. The summed E-state index contributed by atoms with van der Waals surface area (Å²) in [5.41, 5.74) is 0.398. The van der Waals surface area contributed by atoms with E-state index in [4.69, 9.17) is 18.9 Å². The molecule has 1 aliphatic rings. The van der Waals surface area contributed by atoms with Gasteiger partial charge in [-0.25, -0.2) is 9.78 Å². The smallest absolute Gasteiger partial charge is 0.332 e. The lowest BCUT2D eigenvalue weighted by Crippen LogP contribution is -2.47. The van der Waals surface area contributed by atoms with Crippen LogP contribution in [0.15, 0.2) is 42.6 Å². The van der Waals surface area contributed by atoms with E-state index in [2.05, 4.69) is 10.3 Å². The highest BCUT2D eigenvalue weighted by Gasteiger charge is 2.42. The van der Waals surface area contributed by atoms with E-state index < -0.39 is 72.0 Å². The second-order valence-electron chi connectivity index (χ2n) is 8.86. The number of carbonyl (C=O) groups excluding carboxylic acids is 4. The van der Waals surface area contributed by atoms with Gasteiger partial charge in [0.25, 0.3) is 5.91 Å². The highest BCUT2D eigenvalue weighted by atomic mass is 16.6. The third-order valence-corrected chi connectivity index (χ3v) is 5.79. The first-order chi connectivity index (χ1) is 17.6. The van der Waals surface area contributed by atoms with E-state index in [1.165, 1.54) is 26.3 Å². The van der Waals surface area contributed by atoms with Crippen LogP contribution in [0.3, 0.4) is 0 Å². The zero-order chi connectivity index (χ0) is 27.1. The van der Waals surface area contributed by atoms with Crippen molar-refractivity contribution < 1.29 is 43.2 Å². The molecule has 0 spiro atoms. The Kier molecular flexibility index (Phi) is 9.05. The molecule has 4 atom stereocenters. The van der Waals surface area contributed by atoms with Gasteiger partial charge < -0.3 is 29.4 Å². The number of esters is 3. The molecule has 1 saturated heterocycles. The quantitative estimate of drug-likeness (QED) is 0.414. The van der Waals surface area contributed by atoms with Crippen molar-refractivity contribution >= 4 is 23.8 Å². The standard InChI is InChI=1S/C26H30N2O9/c1-14(2)24(31)37-22-15(3)36-26(33)18(28-23(30)20-21(29)19(34-4)10-11-27-20)13-35-25(32)17(22)12-16-8-6-5-7-9-16/h5-11,14-15,17-18,22,29H,12-13H2,1-4H3,(H,28,30)/t15-,17?,18?,22?/m0/s1. The van der Waals surface area contributed by atoms with E-state index in [9.17, 15) is 24.3 Å². The number of nitrogens with zero attached hydrogens (tertiary/aromatic N) is 1. The summed E-state index contributed by atoms with van der Waals surface area (Å²) in [5, 5.41) is 12.6. The van der Waals surface area contributed by atoms with Crippen LogP contribution < -0.4 is 10.1 Å². The van der Waals surface area contributed by atoms with Crippen LogP contribution in [-0.2, 0) is 35.0 Å². The van der Waals surface area contributed by atoms with E-state index in [1.54, 1.807) is 13.8 Å². The van der Waals surface area contributed by atoms with Crippen LogP contribution in [0, 0.1) is 11.8 Å². The summed E-state index contributed by atoms with van der Waals surface area (Å²) < 4.78 is 21.5. The second-order valence-corrected chi connectivity index (χ2v) is 8.86. The lowest BCUT2D eigenvalue weighted by Gasteiger charge is -2.29. The maximum absolute atomic E-state index is 13.2. The van der Waals surface area contributed by atoms with Crippen LogP contribution in [0.4, 0.5) is 0 Å². The van der Waals surface area contributed by atoms with Gasteiger partial charge in [-0.1, -0.05) is 44.2 Å². The van der Waals surface area contributed by atoms with Gasteiger partial charge in [0.05, 0.1) is 13.0 Å². The molecule has 2 N–H and O–H groups in total. The highest BCUT2D eigenvalue weighted by molar-refractivity contribution is 5.98. The Balaban J connectivity index is 1.87. The zero-order valence-electron chi connectivity index (χ0n) is 21.0. The predicted octanol–water partition coefficient (Wildman–Crippen LogP) is 1.81. The molecule has 2 aromatic rings. The number of aromatic nitrogens is 1. The number of cyclic esters (lactones) is 2. The number of ether oxygens (including phenoxy) is 4. The number of pyridine rings is 1. The van der Waals surface area contributed by atoms with Crippen LogP contribution in [0.5, 0.6) is 11.5 Å². The van der Waals surface area contributed by atoms with Crippen LogP contribution in [0.1, 0.15) is 36.8 Å². The number of hydrogen-bond acceptors (Lipinski definition) is 10. The maximum atomic E-state index is 13.2. The molecule has 0 aliphatic carbocycles. The minimum atomic E-state index is -1.41. The third kappa shape index (κ3) is 6.75.